The molecule has 0 radical (unpaired) electrons. The van der Waals surface area contributed by atoms with Crippen LogP contribution in [0.5, 0.6) is 0 Å². The van der Waals surface area contributed by atoms with Crippen molar-refractivity contribution in [3.05, 3.63) is 12.5 Å². The molecule has 1 rings (SSSR count). The van der Waals surface area contributed by atoms with Crippen LogP contribution in [0.4, 0.5) is 0 Å². The largest absolute Gasteiger partial charge is 0.497 e. The fraction of sp³-hybridized carbons (Fsp3) is 0.400. The Kier molecular flexibility index (Phi) is 1.58. The van der Waals surface area contributed by atoms with Crippen LogP contribution in [0.3, 0.4) is 0 Å². The van der Waals surface area contributed by atoms with E-state index in [0.717, 1.165) is 0 Å². The zero-order valence-corrected chi connectivity index (χ0v) is 4.70. The maximum atomic E-state index is 10.2. The number of hydrogen-bond acceptors (Lipinski definition) is 3. The van der Waals surface area contributed by atoms with Crippen LogP contribution in [-0.4, -0.2) is 23.7 Å². The highest BCUT2D eigenvalue weighted by Crippen LogP contribution is 1.92. The van der Waals surface area contributed by atoms with Crippen LogP contribution < -0.4 is 5.32 Å². The average molecular weight is 129 g/mol. The van der Waals surface area contributed by atoms with Crippen molar-refractivity contribution >= 4 is 5.97 Å². The van der Waals surface area contributed by atoms with Gasteiger partial charge in [0.15, 0.2) is 6.04 Å². The Labute approximate surface area is 52.1 Å². The summed E-state index contributed by atoms with van der Waals surface area (Å²) in [6.07, 6.45) is 2.90. The summed E-state index contributed by atoms with van der Waals surface area (Å²) in [5, 5.41) is 11.0. The summed E-state index contributed by atoms with van der Waals surface area (Å²) >= 11 is 0. The summed E-state index contributed by atoms with van der Waals surface area (Å²) in [7, 11) is 0. The first kappa shape index (κ1) is 5.94. The van der Waals surface area contributed by atoms with E-state index in [9.17, 15) is 4.79 Å². The highest BCUT2D eigenvalue weighted by atomic mass is 16.5. The molecule has 0 aromatic carbocycles. The lowest BCUT2D eigenvalue weighted by Gasteiger charge is -2.15. The second kappa shape index (κ2) is 2.39. The minimum atomic E-state index is -0.889. The number of ether oxygens (including phenoxy) is 1. The maximum Gasteiger partial charge on any atom is 0.329 e. The molecule has 1 aliphatic rings. The molecule has 0 bridgehead atoms. The van der Waals surface area contributed by atoms with E-state index in [0.29, 0.717) is 0 Å². The number of carbonyl (C=O) groups is 1. The van der Waals surface area contributed by atoms with Crippen LogP contribution in [0.15, 0.2) is 12.5 Å². The molecule has 4 nitrogen and oxygen atoms in total. The van der Waals surface area contributed by atoms with Crippen molar-refractivity contribution in [3.8, 4) is 0 Å². The van der Waals surface area contributed by atoms with E-state index in [1.165, 1.54) is 12.5 Å². The standard InChI is InChI=1S/C5H7NO3/c7-5(8)4-3-9-2-1-6-4/h1-2,4,6H,3H2,(H,7,8). The van der Waals surface area contributed by atoms with Crippen molar-refractivity contribution in [2.45, 2.75) is 6.04 Å². The summed E-state index contributed by atoms with van der Waals surface area (Å²) < 4.78 is 4.72. The van der Waals surface area contributed by atoms with E-state index in [2.05, 4.69) is 5.32 Å². The Morgan fingerprint density at radius 3 is 3.00 bits per heavy atom. The minimum absolute atomic E-state index is 0.200. The lowest BCUT2D eigenvalue weighted by molar-refractivity contribution is -0.140. The van der Waals surface area contributed by atoms with E-state index >= 15 is 0 Å². The Bertz CT molecular complexity index is 143. The fourth-order valence-electron chi connectivity index (χ4n) is 0.546. The van der Waals surface area contributed by atoms with E-state index in [1.54, 1.807) is 0 Å². The van der Waals surface area contributed by atoms with Crippen LogP contribution in [-0.2, 0) is 9.53 Å². The van der Waals surface area contributed by atoms with E-state index < -0.39 is 12.0 Å². The number of rotatable bonds is 1. The van der Waals surface area contributed by atoms with Crippen molar-refractivity contribution in [3.63, 3.8) is 0 Å². The number of nitrogens with one attached hydrogen (secondary N) is 1. The molecule has 0 aliphatic carbocycles. The van der Waals surface area contributed by atoms with Crippen LogP contribution in [0.25, 0.3) is 0 Å². The first-order chi connectivity index (χ1) is 4.30. The molecule has 4 heteroatoms. The second-order valence-electron chi connectivity index (χ2n) is 1.69. The summed E-state index contributed by atoms with van der Waals surface area (Å²) in [4.78, 5) is 10.2. The van der Waals surface area contributed by atoms with Gasteiger partial charge in [-0.1, -0.05) is 0 Å². The molecular weight excluding hydrogens is 122 g/mol. The van der Waals surface area contributed by atoms with Gasteiger partial charge in [-0.25, -0.2) is 4.79 Å². The monoisotopic (exact) mass is 129 g/mol. The lowest BCUT2D eigenvalue weighted by Crippen LogP contribution is -2.39. The van der Waals surface area contributed by atoms with Crippen molar-refractivity contribution in [1.29, 1.82) is 0 Å². The number of aliphatic carboxylic acids is 1. The summed E-state index contributed by atoms with van der Waals surface area (Å²) in [5.74, 6) is -0.889. The molecule has 0 saturated carbocycles. The van der Waals surface area contributed by atoms with Gasteiger partial charge in [-0.15, -0.1) is 0 Å². The predicted molar refractivity (Wildman–Crippen MR) is 29.7 cm³/mol. The third-order valence-corrected chi connectivity index (χ3v) is 1.02. The summed E-state index contributed by atoms with van der Waals surface area (Å²) in [6, 6.07) is -0.588. The van der Waals surface area contributed by atoms with Gasteiger partial charge in [0.25, 0.3) is 0 Å². The van der Waals surface area contributed by atoms with Crippen LogP contribution in [0.2, 0.25) is 0 Å². The topological polar surface area (TPSA) is 58.6 Å². The average Bonchev–Trinajstić information content (AvgIpc) is 1.90. The summed E-state index contributed by atoms with van der Waals surface area (Å²) in [5.41, 5.74) is 0. The molecule has 1 aliphatic heterocycles. The Hall–Kier alpha value is -1.19. The number of carboxylic acids is 1. The Balaban J connectivity index is 2.44. The van der Waals surface area contributed by atoms with Gasteiger partial charge in [-0.2, -0.15) is 0 Å². The lowest BCUT2D eigenvalue weighted by atomic mass is 10.3. The van der Waals surface area contributed by atoms with Crippen LogP contribution >= 0.6 is 0 Å². The van der Waals surface area contributed by atoms with E-state index in [-0.39, 0.29) is 6.61 Å². The van der Waals surface area contributed by atoms with Gasteiger partial charge in [0, 0.05) is 6.20 Å². The van der Waals surface area contributed by atoms with Crippen molar-refractivity contribution in [2.75, 3.05) is 6.61 Å². The van der Waals surface area contributed by atoms with Crippen LogP contribution in [0.1, 0.15) is 0 Å². The van der Waals surface area contributed by atoms with Gasteiger partial charge >= 0.3 is 5.97 Å². The molecule has 0 amide bonds. The normalized spacial score (nSPS) is 24.2. The SMILES string of the molecule is O=C(O)C1COC=CN1. The molecule has 0 fully saturated rings. The quantitative estimate of drug-likeness (QED) is 0.502. The zero-order chi connectivity index (χ0) is 6.69. The fourth-order valence-corrected chi connectivity index (χ4v) is 0.546. The van der Waals surface area contributed by atoms with E-state index in [4.69, 9.17) is 9.84 Å². The first-order valence-corrected chi connectivity index (χ1v) is 2.56. The highest BCUT2D eigenvalue weighted by molar-refractivity contribution is 5.73. The minimum Gasteiger partial charge on any atom is -0.497 e. The molecule has 1 atom stereocenters. The Morgan fingerprint density at radius 1 is 1.89 bits per heavy atom. The second-order valence-corrected chi connectivity index (χ2v) is 1.69. The third-order valence-electron chi connectivity index (χ3n) is 1.02. The van der Waals surface area contributed by atoms with Crippen molar-refractivity contribution in [2.24, 2.45) is 0 Å². The molecular formula is C5H7NO3. The molecule has 0 saturated heterocycles. The molecule has 9 heavy (non-hydrogen) atoms. The molecule has 0 aromatic rings. The summed E-state index contributed by atoms with van der Waals surface area (Å²) in [6.45, 7) is 0.200. The van der Waals surface area contributed by atoms with Crippen molar-refractivity contribution < 1.29 is 14.6 Å². The van der Waals surface area contributed by atoms with Gasteiger partial charge < -0.3 is 15.2 Å². The zero-order valence-electron chi connectivity index (χ0n) is 4.70. The van der Waals surface area contributed by atoms with Gasteiger partial charge in [0.1, 0.15) is 6.61 Å². The van der Waals surface area contributed by atoms with Crippen molar-refractivity contribution in [1.82, 2.24) is 5.32 Å². The number of carboxylic acid groups (broad SMARTS) is 1. The molecule has 1 heterocycles. The molecule has 2 N–H and O–H groups in total. The molecule has 50 valence electrons. The van der Waals surface area contributed by atoms with Gasteiger partial charge in [-0.3, -0.25) is 0 Å². The molecule has 1 unspecified atom stereocenters. The van der Waals surface area contributed by atoms with Crippen LogP contribution in [0, 0.1) is 0 Å². The predicted octanol–water partition coefficient (Wildman–Crippen LogP) is -0.469. The maximum absolute atomic E-state index is 10.2. The van der Waals surface area contributed by atoms with Gasteiger partial charge in [-0.05, 0) is 0 Å². The van der Waals surface area contributed by atoms with E-state index in [1.807, 2.05) is 0 Å². The molecule has 0 aromatic heterocycles. The highest BCUT2D eigenvalue weighted by Gasteiger charge is 2.16. The van der Waals surface area contributed by atoms with Gasteiger partial charge in [0.2, 0.25) is 0 Å². The number of hydrogen-bond donors (Lipinski definition) is 2. The smallest absolute Gasteiger partial charge is 0.329 e. The first-order valence-electron chi connectivity index (χ1n) is 2.56. The Morgan fingerprint density at radius 2 is 2.67 bits per heavy atom. The third kappa shape index (κ3) is 1.35. The van der Waals surface area contributed by atoms with Gasteiger partial charge in [0.05, 0.1) is 6.26 Å². The molecule has 0 spiro atoms.